The van der Waals surface area contributed by atoms with Crippen molar-refractivity contribution in [3.63, 3.8) is 0 Å². The van der Waals surface area contributed by atoms with Crippen molar-refractivity contribution in [3.8, 4) is 12.1 Å². The summed E-state index contributed by atoms with van der Waals surface area (Å²) in [6.07, 6.45) is 1.72. The van der Waals surface area contributed by atoms with E-state index < -0.39 is 0 Å². The Hall–Kier alpha value is -2.59. The first-order valence-electron chi connectivity index (χ1n) is 6.45. The monoisotopic (exact) mass is 264 g/mol. The van der Waals surface area contributed by atoms with E-state index >= 15 is 0 Å². The van der Waals surface area contributed by atoms with Gasteiger partial charge in [0.2, 0.25) is 0 Å². The van der Waals surface area contributed by atoms with Crippen LogP contribution in [-0.4, -0.2) is 13.1 Å². The second kappa shape index (κ2) is 4.51. The first-order chi connectivity index (χ1) is 9.69. The quantitative estimate of drug-likeness (QED) is 0.577. The van der Waals surface area contributed by atoms with Gasteiger partial charge in [0, 0.05) is 5.92 Å². The average Bonchev–Trinajstić information content (AvgIpc) is 3.06. The van der Waals surface area contributed by atoms with Crippen LogP contribution < -0.4 is 0 Å². The predicted octanol–water partition coefficient (Wildman–Crippen LogP) is 2.79. The molecule has 1 aromatic rings. The maximum Gasteiger partial charge on any atom is 0.337 e. The summed E-state index contributed by atoms with van der Waals surface area (Å²) in [5, 5.41) is 18.1. The van der Waals surface area contributed by atoms with E-state index in [1.165, 1.54) is 12.7 Å². The number of allylic oxidation sites excluding steroid dienone is 2. The molecule has 0 radical (unpaired) electrons. The molecular weight excluding hydrogens is 252 g/mol. The Morgan fingerprint density at radius 1 is 1.30 bits per heavy atom. The first kappa shape index (κ1) is 12.4. The van der Waals surface area contributed by atoms with Crippen molar-refractivity contribution in [1.82, 2.24) is 0 Å². The summed E-state index contributed by atoms with van der Waals surface area (Å²) in [7, 11) is 1.36. The molecule has 0 saturated heterocycles. The van der Waals surface area contributed by atoms with Crippen molar-refractivity contribution in [1.29, 1.82) is 10.5 Å². The van der Waals surface area contributed by atoms with Gasteiger partial charge in [-0.25, -0.2) is 4.79 Å². The maximum absolute atomic E-state index is 11.6. The molecule has 4 nitrogen and oxygen atoms in total. The molecule has 3 rings (SSSR count). The molecule has 0 N–H and O–H groups in total. The Kier molecular flexibility index (Phi) is 2.80. The van der Waals surface area contributed by atoms with Crippen LogP contribution in [0.25, 0.3) is 0 Å². The van der Waals surface area contributed by atoms with Gasteiger partial charge in [0.1, 0.15) is 17.7 Å². The highest BCUT2D eigenvalue weighted by Crippen LogP contribution is 2.56. The Morgan fingerprint density at radius 2 is 2.05 bits per heavy atom. The fourth-order valence-electron chi connectivity index (χ4n) is 3.41. The number of hydrogen-bond donors (Lipinski definition) is 0. The van der Waals surface area contributed by atoms with E-state index in [0.717, 1.165) is 24.0 Å². The first-order valence-corrected chi connectivity index (χ1v) is 6.45. The van der Waals surface area contributed by atoms with Gasteiger partial charge in [-0.05, 0) is 47.6 Å². The third-order valence-corrected chi connectivity index (χ3v) is 4.28. The molecule has 2 unspecified atom stereocenters. The third-order valence-electron chi connectivity index (χ3n) is 4.28. The van der Waals surface area contributed by atoms with E-state index in [9.17, 15) is 4.79 Å². The lowest BCUT2D eigenvalue weighted by Gasteiger charge is -2.18. The largest absolute Gasteiger partial charge is 0.465 e. The molecule has 0 amide bonds. The minimum atomic E-state index is -0.359. The summed E-state index contributed by atoms with van der Waals surface area (Å²) in [6, 6.07) is 9.57. The Bertz CT molecular complexity index is 703. The van der Waals surface area contributed by atoms with Crippen molar-refractivity contribution >= 4 is 5.97 Å². The minimum Gasteiger partial charge on any atom is -0.465 e. The molecule has 2 bridgehead atoms. The summed E-state index contributed by atoms with van der Waals surface area (Å²) < 4.78 is 4.74. The average molecular weight is 264 g/mol. The summed E-state index contributed by atoms with van der Waals surface area (Å²) in [5.74, 6) is 0.115. The number of fused-ring (bicyclic) bond motifs is 5. The van der Waals surface area contributed by atoms with E-state index in [0.29, 0.717) is 11.5 Å². The predicted molar refractivity (Wildman–Crippen MR) is 70.7 cm³/mol. The van der Waals surface area contributed by atoms with Gasteiger partial charge in [-0.3, -0.25) is 0 Å². The molecule has 0 aliphatic heterocycles. The van der Waals surface area contributed by atoms with Gasteiger partial charge in [0.05, 0.1) is 12.7 Å². The summed E-state index contributed by atoms with van der Waals surface area (Å²) in [5.41, 5.74) is 3.98. The number of carbonyl (C=O) groups excluding carboxylic acids is 1. The second-order valence-corrected chi connectivity index (χ2v) is 5.15. The number of hydrogen-bond acceptors (Lipinski definition) is 4. The van der Waals surface area contributed by atoms with Crippen LogP contribution in [0.1, 0.15) is 46.2 Å². The summed E-state index contributed by atoms with van der Waals surface area (Å²) in [4.78, 5) is 11.6. The van der Waals surface area contributed by atoms with Gasteiger partial charge in [0.15, 0.2) is 0 Å². The van der Waals surface area contributed by atoms with Gasteiger partial charge in [-0.1, -0.05) is 6.07 Å². The molecule has 98 valence electrons. The highest BCUT2D eigenvalue weighted by atomic mass is 16.5. The zero-order chi connectivity index (χ0) is 14.3. The van der Waals surface area contributed by atoms with E-state index in [4.69, 9.17) is 15.3 Å². The van der Waals surface area contributed by atoms with Crippen LogP contribution in [0.15, 0.2) is 29.3 Å². The molecule has 4 heteroatoms. The molecule has 1 saturated carbocycles. The molecular formula is C16H12N2O2. The van der Waals surface area contributed by atoms with Gasteiger partial charge in [-0.15, -0.1) is 0 Å². The van der Waals surface area contributed by atoms with Crippen molar-refractivity contribution in [2.75, 3.05) is 7.11 Å². The number of nitriles is 2. The molecule has 0 aromatic heterocycles. The number of carbonyl (C=O) groups is 1. The molecule has 2 atom stereocenters. The zero-order valence-electron chi connectivity index (χ0n) is 11.0. The topological polar surface area (TPSA) is 73.9 Å². The van der Waals surface area contributed by atoms with E-state index in [-0.39, 0.29) is 17.5 Å². The smallest absolute Gasteiger partial charge is 0.337 e. The number of rotatable bonds is 1. The van der Waals surface area contributed by atoms with Crippen molar-refractivity contribution in [2.45, 2.75) is 24.7 Å². The van der Waals surface area contributed by atoms with Gasteiger partial charge < -0.3 is 4.74 Å². The lowest BCUT2D eigenvalue weighted by Crippen LogP contribution is -2.07. The van der Waals surface area contributed by atoms with Crippen LogP contribution in [0.3, 0.4) is 0 Å². The fraction of sp³-hybridized carbons (Fsp3) is 0.312. The molecule has 0 spiro atoms. The van der Waals surface area contributed by atoms with Crippen LogP contribution in [0.4, 0.5) is 0 Å². The Labute approximate surface area is 116 Å². The summed E-state index contributed by atoms with van der Waals surface area (Å²) >= 11 is 0. The number of ether oxygens (including phenoxy) is 1. The van der Waals surface area contributed by atoms with Crippen LogP contribution in [0.2, 0.25) is 0 Å². The highest BCUT2D eigenvalue weighted by molar-refractivity contribution is 5.90. The van der Waals surface area contributed by atoms with Crippen LogP contribution in [0, 0.1) is 22.7 Å². The lowest BCUT2D eigenvalue weighted by atomic mass is 9.85. The zero-order valence-corrected chi connectivity index (χ0v) is 11.0. The molecule has 1 fully saturated rings. The molecule has 0 heterocycles. The van der Waals surface area contributed by atoms with Gasteiger partial charge in [-0.2, -0.15) is 10.5 Å². The van der Waals surface area contributed by atoms with Crippen molar-refractivity contribution < 1.29 is 9.53 Å². The number of esters is 1. The standard InChI is InChI=1S/C16H12N2O2/c1-20-16(19)9-2-3-12-10-5-13(11(7-17)8-18)15(6-10)14(12)4-9/h2-4,10,15H,5-6H2,1H3. The molecule has 20 heavy (non-hydrogen) atoms. The van der Waals surface area contributed by atoms with E-state index in [2.05, 4.69) is 0 Å². The molecule has 2 aliphatic rings. The van der Waals surface area contributed by atoms with E-state index in [1.807, 2.05) is 24.3 Å². The maximum atomic E-state index is 11.6. The highest BCUT2D eigenvalue weighted by Gasteiger charge is 2.42. The third kappa shape index (κ3) is 1.62. The van der Waals surface area contributed by atoms with Crippen LogP contribution >= 0.6 is 0 Å². The minimum absolute atomic E-state index is 0.105. The summed E-state index contributed by atoms with van der Waals surface area (Å²) in [6.45, 7) is 0. The van der Waals surface area contributed by atoms with Crippen molar-refractivity contribution in [2.24, 2.45) is 0 Å². The number of benzene rings is 1. The van der Waals surface area contributed by atoms with Crippen molar-refractivity contribution in [3.05, 3.63) is 46.0 Å². The Morgan fingerprint density at radius 3 is 2.70 bits per heavy atom. The normalized spacial score (nSPS) is 21.9. The van der Waals surface area contributed by atoms with Gasteiger partial charge in [0.25, 0.3) is 0 Å². The number of nitrogens with zero attached hydrogens (tertiary/aromatic N) is 2. The second-order valence-electron chi connectivity index (χ2n) is 5.15. The lowest BCUT2D eigenvalue weighted by molar-refractivity contribution is 0.0600. The van der Waals surface area contributed by atoms with E-state index in [1.54, 1.807) is 6.07 Å². The number of methoxy groups -OCH3 is 1. The molecule has 2 aliphatic carbocycles. The Balaban J connectivity index is 2.09. The van der Waals surface area contributed by atoms with Gasteiger partial charge >= 0.3 is 5.97 Å². The fourth-order valence-corrected chi connectivity index (χ4v) is 3.41. The van der Waals surface area contributed by atoms with Crippen LogP contribution in [-0.2, 0) is 4.74 Å². The molecule has 1 aromatic carbocycles. The SMILES string of the molecule is COC(=O)c1ccc2c(c1)C1CC2CC1=C(C#N)C#N. The van der Waals surface area contributed by atoms with Crippen LogP contribution in [0.5, 0.6) is 0 Å².